The summed E-state index contributed by atoms with van der Waals surface area (Å²) in [6.07, 6.45) is 6.06. The molecule has 1 saturated heterocycles. The van der Waals surface area contributed by atoms with Crippen LogP contribution in [-0.2, 0) is 14.8 Å². The number of aromatic nitrogens is 2. The summed E-state index contributed by atoms with van der Waals surface area (Å²) < 4.78 is 25.0. The van der Waals surface area contributed by atoms with Crippen LogP contribution in [0.1, 0.15) is 44.6 Å². The van der Waals surface area contributed by atoms with Gasteiger partial charge in [-0.15, -0.1) is 0 Å². The summed E-state index contributed by atoms with van der Waals surface area (Å²) in [6, 6.07) is 7.97. The van der Waals surface area contributed by atoms with Gasteiger partial charge < -0.3 is 4.90 Å². The van der Waals surface area contributed by atoms with E-state index >= 15 is 0 Å². The van der Waals surface area contributed by atoms with Gasteiger partial charge in [-0.2, -0.15) is 0 Å². The zero-order valence-electron chi connectivity index (χ0n) is 16.8. The van der Waals surface area contributed by atoms with Gasteiger partial charge in [0.1, 0.15) is 0 Å². The number of sulfonamides is 1. The van der Waals surface area contributed by atoms with E-state index in [1.54, 1.807) is 11.1 Å². The third-order valence-electron chi connectivity index (χ3n) is 5.14. The van der Waals surface area contributed by atoms with Gasteiger partial charge in [-0.05, 0) is 42.9 Å². The Morgan fingerprint density at radius 2 is 2.00 bits per heavy atom. The molecule has 2 N–H and O–H groups in total. The Kier molecular flexibility index (Phi) is 7.02. The molecule has 1 aliphatic rings. The highest BCUT2D eigenvalue weighted by atomic mass is 32.2. The molecule has 0 aliphatic carbocycles. The van der Waals surface area contributed by atoms with Crippen molar-refractivity contribution in [3.8, 4) is 5.69 Å². The van der Waals surface area contributed by atoms with Crippen LogP contribution in [0, 0.1) is 0 Å². The predicted molar refractivity (Wildman–Crippen MR) is 116 cm³/mol. The Balaban J connectivity index is 1.67. The Hall–Kier alpha value is -1.84. The zero-order chi connectivity index (χ0) is 21.0. The minimum atomic E-state index is -3.62. The lowest BCUT2D eigenvalue weighted by Gasteiger charge is -2.35. The summed E-state index contributed by atoms with van der Waals surface area (Å²) in [7, 11) is -3.62. The van der Waals surface area contributed by atoms with Gasteiger partial charge in [-0.1, -0.05) is 37.7 Å². The SMILES string of the molecule is CC(C)c1ccc(-n2ccnc2SCC(=O)N2CCCCC2CS(N)(=O)=O)cc1. The Morgan fingerprint density at radius 3 is 2.66 bits per heavy atom. The fourth-order valence-corrected chi connectivity index (χ4v) is 5.33. The molecule has 7 nitrogen and oxygen atoms in total. The van der Waals surface area contributed by atoms with E-state index in [1.807, 2.05) is 10.8 Å². The summed E-state index contributed by atoms with van der Waals surface area (Å²) in [4.78, 5) is 18.8. The molecule has 1 atom stereocenters. The highest BCUT2D eigenvalue weighted by molar-refractivity contribution is 7.99. The van der Waals surface area contributed by atoms with E-state index in [9.17, 15) is 13.2 Å². The maximum Gasteiger partial charge on any atom is 0.233 e. The molecule has 1 fully saturated rings. The molecule has 0 radical (unpaired) electrons. The fraction of sp³-hybridized carbons (Fsp3) is 0.500. The number of benzene rings is 1. The van der Waals surface area contributed by atoms with Crippen molar-refractivity contribution in [2.45, 2.75) is 50.2 Å². The molecule has 9 heteroatoms. The van der Waals surface area contributed by atoms with Crippen LogP contribution in [0.25, 0.3) is 5.69 Å². The van der Waals surface area contributed by atoms with Gasteiger partial charge >= 0.3 is 0 Å². The summed E-state index contributed by atoms with van der Waals surface area (Å²) in [6.45, 7) is 4.89. The van der Waals surface area contributed by atoms with E-state index < -0.39 is 10.0 Å². The quantitative estimate of drug-likeness (QED) is 0.673. The first kappa shape index (κ1) is 21.9. The minimum Gasteiger partial charge on any atom is -0.338 e. The lowest BCUT2D eigenvalue weighted by atomic mass is 10.0. The van der Waals surface area contributed by atoms with Crippen molar-refractivity contribution in [2.75, 3.05) is 18.1 Å². The number of piperidine rings is 1. The van der Waals surface area contributed by atoms with Crippen molar-refractivity contribution in [1.82, 2.24) is 14.5 Å². The molecule has 1 aromatic heterocycles. The maximum atomic E-state index is 12.8. The second-order valence-corrected chi connectivity index (χ2v) is 10.3. The molecule has 0 spiro atoms. The van der Waals surface area contributed by atoms with Crippen molar-refractivity contribution < 1.29 is 13.2 Å². The lowest BCUT2D eigenvalue weighted by molar-refractivity contribution is -0.131. The molecule has 2 heterocycles. The average Bonchev–Trinajstić information content (AvgIpc) is 3.14. The van der Waals surface area contributed by atoms with Gasteiger partial charge in [-0.3, -0.25) is 9.36 Å². The number of nitrogens with zero attached hydrogens (tertiary/aromatic N) is 3. The molecule has 0 saturated carbocycles. The van der Waals surface area contributed by atoms with E-state index in [4.69, 9.17) is 5.14 Å². The van der Waals surface area contributed by atoms with Gasteiger partial charge in [0.25, 0.3) is 0 Å². The van der Waals surface area contributed by atoms with Crippen LogP contribution in [0.5, 0.6) is 0 Å². The molecular formula is C20H28N4O3S2. The molecule has 1 unspecified atom stereocenters. The number of primary sulfonamides is 1. The Morgan fingerprint density at radius 1 is 1.28 bits per heavy atom. The summed E-state index contributed by atoms with van der Waals surface area (Å²) in [5.41, 5.74) is 2.26. The summed E-state index contributed by atoms with van der Waals surface area (Å²) >= 11 is 1.36. The number of rotatable bonds is 7. The number of hydrogen-bond donors (Lipinski definition) is 1. The largest absolute Gasteiger partial charge is 0.338 e. The van der Waals surface area contributed by atoms with Gasteiger partial charge in [0.05, 0.1) is 11.5 Å². The van der Waals surface area contributed by atoms with Gasteiger partial charge in [0, 0.05) is 30.7 Å². The number of thioether (sulfide) groups is 1. The van der Waals surface area contributed by atoms with Crippen molar-refractivity contribution in [1.29, 1.82) is 0 Å². The molecule has 158 valence electrons. The lowest BCUT2D eigenvalue weighted by Crippen LogP contribution is -2.48. The van der Waals surface area contributed by atoms with E-state index in [2.05, 4.69) is 43.1 Å². The fourth-order valence-electron chi connectivity index (χ4n) is 3.59. The van der Waals surface area contributed by atoms with Crippen LogP contribution in [-0.4, -0.2) is 52.9 Å². The van der Waals surface area contributed by atoms with Crippen LogP contribution in [0.2, 0.25) is 0 Å². The normalized spacial score (nSPS) is 17.7. The van der Waals surface area contributed by atoms with Crippen LogP contribution >= 0.6 is 11.8 Å². The molecule has 3 rings (SSSR count). The highest BCUT2D eigenvalue weighted by Gasteiger charge is 2.29. The van der Waals surface area contributed by atoms with Crippen LogP contribution in [0.4, 0.5) is 0 Å². The molecule has 1 aliphatic heterocycles. The molecule has 29 heavy (non-hydrogen) atoms. The average molecular weight is 437 g/mol. The molecule has 1 amide bonds. The standard InChI is InChI=1S/C20H28N4O3S2/c1-15(2)16-6-8-17(9-7-16)24-12-10-22-20(24)28-13-19(25)23-11-4-3-5-18(23)14-29(21,26)27/h6-10,12,15,18H,3-5,11,13-14H2,1-2H3,(H2,21,26,27). The minimum absolute atomic E-state index is 0.0759. The third-order valence-corrected chi connectivity index (χ3v) is 6.94. The second-order valence-electron chi connectivity index (χ2n) is 7.68. The maximum absolute atomic E-state index is 12.8. The van der Waals surface area contributed by atoms with Crippen molar-refractivity contribution in [3.63, 3.8) is 0 Å². The number of amides is 1. The van der Waals surface area contributed by atoms with E-state index in [0.717, 1.165) is 23.7 Å². The number of carbonyl (C=O) groups excluding carboxylic acids is 1. The highest BCUT2D eigenvalue weighted by Crippen LogP contribution is 2.24. The predicted octanol–water partition coefficient (Wildman–Crippen LogP) is 2.76. The van der Waals surface area contributed by atoms with Crippen molar-refractivity contribution >= 4 is 27.7 Å². The smallest absolute Gasteiger partial charge is 0.233 e. The van der Waals surface area contributed by atoms with Crippen molar-refractivity contribution in [3.05, 3.63) is 42.2 Å². The first-order valence-electron chi connectivity index (χ1n) is 9.81. The van der Waals surface area contributed by atoms with Crippen LogP contribution in [0.3, 0.4) is 0 Å². The first-order chi connectivity index (χ1) is 13.7. The summed E-state index contributed by atoms with van der Waals surface area (Å²) in [5, 5.41) is 5.94. The van der Waals surface area contributed by atoms with Gasteiger partial charge in [0.15, 0.2) is 5.16 Å². The third kappa shape index (κ3) is 5.83. The van der Waals surface area contributed by atoms with Crippen LogP contribution < -0.4 is 5.14 Å². The number of nitrogens with two attached hydrogens (primary N) is 1. The topological polar surface area (TPSA) is 98.3 Å². The van der Waals surface area contributed by atoms with Gasteiger partial charge in [0.2, 0.25) is 15.9 Å². The molecule has 0 bridgehead atoms. The molecule has 2 aromatic rings. The Labute approximate surface area is 176 Å². The van der Waals surface area contributed by atoms with Crippen molar-refractivity contribution in [2.24, 2.45) is 5.14 Å². The second kappa shape index (κ2) is 9.32. The first-order valence-corrected chi connectivity index (χ1v) is 12.5. The number of carbonyl (C=O) groups is 1. The Bertz CT molecular complexity index is 939. The van der Waals surface area contributed by atoms with Gasteiger partial charge in [-0.25, -0.2) is 18.5 Å². The number of likely N-dealkylation sites (tertiary alicyclic amines) is 1. The number of hydrogen-bond acceptors (Lipinski definition) is 5. The van der Waals surface area contributed by atoms with Crippen LogP contribution in [0.15, 0.2) is 41.8 Å². The van der Waals surface area contributed by atoms with E-state index in [0.29, 0.717) is 18.9 Å². The number of imidazole rings is 1. The molecule has 1 aromatic carbocycles. The van der Waals surface area contributed by atoms with E-state index in [-0.39, 0.29) is 23.5 Å². The zero-order valence-corrected chi connectivity index (χ0v) is 18.5. The summed E-state index contributed by atoms with van der Waals surface area (Å²) in [5.74, 6) is 0.420. The van der Waals surface area contributed by atoms with E-state index in [1.165, 1.54) is 17.3 Å². The molecular weight excluding hydrogens is 408 g/mol. The monoisotopic (exact) mass is 436 g/mol.